The average Bonchev–Trinajstić information content (AvgIpc) is 2.93. The molecular formula is C12H13ClN6O. The van der Waals surface area contributed by atoms with Crippen molar-refractivity contribution in [3.63, 3.8) is 0 Å². The van der Waals surface area contributed by atoms with Crippen molar-refractivity contribution in [3.05, 3.63) is 23.1 Å². The molecule has 8 heteroatoms. The Morgan fingerprint density at radius 1 is 1.40 bits per heavy atom. The maximum Gasteiger partial charge on any atom is 0.232 e. The second-order valence-electron chi connectivity index (χ2n) is 4.34. The van der Waals surface area contributed by atoms with Gasteiger partial charge in [0.25, 0.3) is 0 Å². The molecule has 3 aromatic heterocycles. The first-order chi connectivity index (χ1) is 9.58. The highest BCUT2D eigenvalue weighted by molar-refractivity contribution is 6.35. The number of hydrogen-bond donors (Lipinski definition) is 2. The van der Waals surface area contributed by atoms with Gasteiger partial charge in [-0.15, -0.1) is 0 Å². The topological polar surface area (TPSA) is 80.7 Å². The van der Waals surface area contributed by atoms with Crippen molar-refractivity contribution >= 4 is 34.3 Å². The molecule has 104 valence electrons. The van der Waals surface area contributed by atoms with Crippen LogP contribution in [0.5, 0.6) is 5.88 Å². The summed E-state index contributed by atoms with van der Waals surface area (Å²) in [7, 11) is 3.40. The van der Waals surface area contributed by atoms with Gasteiger partial charge in [0.2, 0.25) is 11.8 Å². The Morgan fingerprint density at radius 3 is 2.85 bits per heavy atom. The normalized spacial score (nSPS) is 11.0. The molecule has 0 aliphatic rings. The second kappa shape index (κ2) is 4.68. The fourth-order valence-electron chi connectivity index (χ4n) is 2.01. The summed E-state index contributed by atoms with van der Waals surface area (Å²) >= 11 is 6.07. The number of nitrogens with zero attached hydrogens (tertiary/aromatic N) is 4. The molecule has 0 radical (unpaired) electrons. The predicted octanol–water partition coefficient (Wildman–Crippen LogP) is 2.41. The van der Waals surface area contributed by atoms with Crippen LogP contribution < -0.4 is 10.1 Å². The van der Waals surface area contributed by atoms with E-state index in [9.17, 15) is 0 Å². The number of rotatable bonds is 3. The summed E-state index contributed by atoms with van der Waals surface area (Å²) in [6.45, 7) is 1.91. The largest absolute Gasteiger partial charge is 0.480 e. The third-order valence-corrected chi connectivity index (χ3v) is 3.20. The first kappa shape index (κ1) is 12.7. The molecule has 20 heavy (non-hydrogen) atoms. The third-order valence-electron chi connectivity index (χ3n) is 2.90. The molecule has 3 aromatic rings. The molecule has 0 amide bonds. The van der Waals surface area contributed by atoms with Crippen molar-refractivity contribution in [3.8, 4) is 5.88 Å². The van der Waals surface area contributed by atoms with E-state index in [0.717, 1.165) is 11.4 Å². The number of hydrogen-bond acceptors (Lipinski definition) is 5. The van der Waals surface area contributed by atoms with Crippen LogP contribution in [0.1, 0.15) is 5.69 Å². The number of H-pyrrole nitrogens is 1. The van der Waals surface area contributed by atoms with Crippen LogP contribution in [0.4, 0.5) is 11.6 Å². The zero-order valence-electron chi connectivity index (χ0n) is 11.2. The van der Waals surface area contributed by atoms with Crippen LogP contribution in [0.25, 0.3) is 11.0 Å². The fourth-order valence-corrected chi connectivity index (χ4v) is 2.24. The van der Waals surface area contributed by atoms with Gasteiger partial charge in [-0.25, -0.2) is 0 Å². The van der Waals surface area contributed by atoms with Crippen molar-refractivity contribution in [2.24, 2.45) is 7.05 Å². The van der Waals surface area contributed by atoms with E-state index in [4.69, 9.17) is 16.3 Å². The number of aromatic amines is 1. The number of aromatic nitrogens is 5. The molecular weight excluding hydrogens is 280 g/mol. The first-order valence-electron chi connectivity index (χ1n) is 5.94. The molecule has 0 bridgehead atoms. The molecule has 0 saturated heterocycles. The zero-order chi connectivity index (χ0) is 14.3. The van der Waals surface area contributed by atoms with Crippen molar-refractivity contribution in [1.29, 1.82) is 0 Å². The SMILES string of the molecule is COc1nc(Nc2cn(C)nc2C)nc2[nH]cc(Cl)c12. The summed E-state index contributed by atoms with van der Waals surface area (Å²) in [6, 6.07) is 0. The Morgan fingerprint density at radius 2 is 2.20 bits per heavy atom. The summed E-state index contributed by atoms with van der Waals surface area (Å²) in [5.41, 5.74) is 2.32. The fraction of sp³-hybridized carbons (Fsp3) is 0.250. The lowest BCUT2D eigenvalue weighted by Gasteiger charge is -2.06. The van der Waals surface area contributed by atoms with Crippen LogP contribution in [0.2, 0.25) is 5.02 Å². The molecule has 2 N–H and O–H groups in total. The Balaban J connectivity index is 2.06. The van der Waals surface area contributed by atoms with Gasteiger partial charge in [-0.3, -0.25) is 4.68 Å². The molecule has 0 unspecified atom stereocenters. The van der Waals surface area contributed by atoms with Crippen LogP contribution in [0, 0.1) is 6.92 Å². The second-order valence-corrected chi connectivity index (χ2v) is 4.75. The highest BCUT2D eigenvalue weighted by Gasteiger charge is 2.14. The molecule has 0 aromatic carbocycles. The summed E-state index contributed by atoms with van der Waals surface area (Å²) < 4.78 is 6.99. The molecule has 7 nitrogen and oxygen atoms in total. The minimum atomic E-state index is 0.420. The van der Waals surface area contributed by atoms with Crippen molar-refractivity contribution in [2.75, 3.05) is 12.4 Å². The molecule has 0 fully saturated rings. The summed E-state index contributed by atoms with van der Waals surface area (Å²) in [6.07, 6.45) is 3.51. The lowest BCUT2D eigenvalue weighted by Crippen LogP contribution is -2.00. The average molecular weight is 293 g/mol. The molecule has 0 spiro atoms. The Bertz CT molecular complexity index is 778. The number of fused-ring (bicyclic) bond motifs is 1. The van der Waals surface area contributed by atoms with Gasteiger partial charge < -0.3 is 15.0 Å². The predicted molar refractivity (Wildman–Crippen MR) is 76.7 cm³/mol. The molecule has 3 heterocycles. The first-order valence-corrected chi connectivity index (χ1v) is 6.32. The Labute approximate surface area is 119 Å². The van der Waals surface area contributed by atoms with Crippen molar-refractivity contribution < 1.29 is 4.74 Å². The van der Waals surface area contributed by atoms with E-state index in [1.54, 1.807) is 18.0 Å². The Hall–Kier alpha value is -2.28. The van der Waals surface area contributed by atoms with E-state index >= 15 is 0 Å². The van der Waals surface area contributed by atoms with E-state index in [2.05, 4.69) is 25.4 Å². The quantitative estimate of drug-likeness (QED) is 0.775. The lowest BCUT2D eigenvalue weighted by atomic mass is 10.4. The van der Waals surface area contributed by atoms with Gasteiger partial charge in [0.15, 0.2) is 0 Å². The smallest absolute Gasteiger partial charge is 0.232 e. The number of anilines is 2. The van der Waals surface area contributed by atoms with Crippen LogP contribution in [-0.4, -0.2) is 31.8 Å². The van der Waals surface area contributed by atoms with Gasteiger partial charge in [0, 0.05) is 19.4 Å². The van der Waals surface area contributed by atoms with Gasteiger partial charge in [-0.1, -0.05) is 11.6 Å². The van der Waals surface area contributed by atoms with E-state index < -0.39 is 0 Å². The van der Waals surface area contributed by atoms with Gasteiger partial charge in [0.05, 0.1) is 28.9 Å². The van der Waals surface area contributed by atoms with E-state index in [1.165, 1.54) is 0 Å². The van der Waals surface area contributed by atoms with E-state index in [1.807, 2.05) is 20.2 Å². The van der Waals surface area contributed by atoms with E-state index in [-0.39, 0.29) is 0 Å². The number of aryl methyl sites for hydroxylation is 2. The number of halogens is 1. The number of nitrogens with one attached hydrogen (secondary N) is 2. The number of ether oxygens (including phenoxy) is 1. The molecule has 0 saturated carbocycles. The highest BCUT2D eigenvalue weighted by atomic mass is 35.5. The van der Waals surface area contributed by atoms with Gasteiger partial charge >= 0.3 is 0 Å². The minimum Gasteiger partial charge on any atom is -0.480 e. The van der Waals surface area contributed by atoms with Crippen molar-refractivity contribution in [1.82, 2.24) is 24.7 Å². The van der Waals surface area contributed by atoms with Crippen LogP contribution in [0.3, 0.4) is 0 Å². The zero-order valence-corrected chi connectivity index (χ0v) is 12.0. The molecule has 0 atom stereocenters. The minimum absolute atomic E-state index is 0.420. The molecule has 0 aliphatic carbocycles. The Kier molecular flexibility index (Phi) is 2.98. The maximum atomic E-state index is 6.07. The monoisotopic (exact) mass is 292 g/mol. The molecule has 3 rings (SSSR count). The highest BCUT2D eigenvalue weighted by Crippen LogP contribution is 2.31. The maximum absolute atomic E-state index is 6.07. The molecule has 0 aliphatic heterocycles. The summed E-state index contributed by atoms with van der Waals surface area (Å²) in [5.74, 6) is 0.842. The van der Waals surface area contributed by atoms with Crippen LogP contribution in [0.15, 0.2) is 12.4 Å². The van der Waals surface area contributed by atoms with E-state index in [0.29, 0.717) is 27.9 Å². The summed E-state index contributed by atoms with van der Waals surface area (Å²) in [5, 5.41) is 8.57. The number of methoxy groups -OCH3 is 1. The summed E-state index contributed by atoms with van der Waals surface area (Å²) in [4.78, 5) is 11.7. The van der Waals surface area contributed by atoms with Gasteiger partial charge in [0.1, 0.15) is 5.65 Å². The van der Waals surface area contributed by atoms with Crippen LogP contribution in [-0.2, 0) is 7.05 Å². The van der Waals surface area contributed by atoms with Gasteiger partial charge in [-0.2, -0.15) is 15.1 Å². The third kappa shape index (κ3) is 2.05. The van der Waals surface area contributed by atoms with Crippen molar-refractivity contribution in [2.45, 2.75) is 6.92 Å². The standard InChI is InChI=1S/C12H13ClN6O/c1-6-8(5-19(2)18-6)15-12-16-10-9(7(13)4-14-10)11(17-12)20-3/h4-5H,1-3H3,(H2,14,15,16,17). The van der Waals surface area contributed by atoms with Gasteiger partial charge in [-0.05, 0) is 6.92 Å². The van der Waals surface area contributed by atoms with Crippen LogP contribution >= 0.6 is 11.6 Å². The lowest BCUT2D eigenvalue weighted by molar-refractivity contribution is 0.403.